The van der Waals surface area contributed by atoms with Gasteiger partial charge in [-0.3, -0.25) is 4.79 Å². The fraction of sp³-hybridized carbons (Fsp3) is 0.900. The van der Waals surface area contributed by atoms with Crippen LogP contribution in [0, 0.1) is 5.92 Å². The van der Waals surface area contributed by atoms with Crippen molar-refractivity contribution < 1.29 is 4.79 Å². The lowest BCUT2D eigenvalue weighted by atomic mass is 9.86. The smallest absolute Gasteiger partial charge is 0.133 e. The van der Waals surface area contributed by atoms with Gasteiger partial charge in [0.05, 0.1) is 4.08 Å². The van der Waals surface area contributed by atoms with Crippen LogP contribution >= 0.6 is 23.5 Å². The van der Waals surface area contributed by atoms with Crippen LogP contribution in [0.3, 0.4) is 0 Å². The van der Waals surface area contributed by atoms with Crippen LogP contribution in [0.2, 0.25) is 0 Å². The van der Waals surface area contributed by atoms with Crippen molar-refractivity contribution in [2.45, 2.75) is 36.7 Å². The Morgan fingerprint density at radius 3 is 2.46 bits per heavy atom. The Labute approximate surface area is 89.4 Å². The maximum atomic E-state index is 11.3. The molecule has 0 radical (unpaired) electrons. The number of ketones is 1. The zero-order chi connectivity index (χ0) is 9.90. The van der Waals surface area contributed by atoms with E-state index in [0.29, 0.717) is 11.7 Å². The first kappa shape index (κ1) is 11.4. The number of carbonyl (C=O) groups excluding carboxylic acids is 1. The van der Waals surface area contributed by atoms with Crippen molar-refractivity contribution in [3.63, 3.8) is 0 Å². The number of Topliss-reactive ketones (excluding diaryl/α,β-unsaturated/α-hetero) is 1. The van der Waals surface area contributed by atoms with E-state index in [1.165, 1.54) is 6.42 Å². The molecule has 0 heterocycles. The van der Waals surface area contributed by atoms with Crippen LogP contribution in [-0.2, 0) is 4.79 Å². The van der Waals surface area contributed by atoms with E-state index in [0.717, 1.165) is 19.3 Å². The zero-order valence-electron chi connectivity index (χ0n) is 8.63. The molecule has 1 unspecified atom stereocenters. The lowest BCUT2D eigenvalue weighted by molar-refractivity contribution is -0.121. The first-order valence-electron chi connectivity index (χ1n) is 4.74. The summed E-state index contributed by atoms with van der Waals surface area (Å²) in [5, 5.41) is 0. The molecule has 0 N–H and O–H groups in total. The van der Waals surface area contributed by atoms with Gasteiger partial charge in [-0.15, -0.1) is 23.5 Å². The number of rotatable bonds is 3. The van der Waals surface area contributed by atoms with E-state index in [1.54, 1.807) is 0 Å². The average Bonchev–Trinajstić information content (AvgIpc) is 2.17. The standard InChI is InChI=1S/C10H18OS2/c1-10(12-2,13-3)8-5-4-6-9(11)7-8/h8H,4-7H2,1-3H3. The van der Waals surface area contributed by atoms with E-state index < -0.39 is 0 Å². The van der Waals surface area contributed by atoms with Gasteiger partial charge in [0, 0.05) is 12.8 Å². The third-order valence-corrected chi connectivity index (χ3v) is 6.32. The van der Waals surface area contributed by atoms with Crippen LogP contribution in [0.5, 0.6) is 0 Å². The Morgan fingerprint density at radius 2 is 2.00 bits per heavy atom. The molecule has 3 heteroatoms. The van der Waals surface area contributed by atoms with Crippen molar-refractivity contribution >= 4 is 29.3 Å². The molecule has 0 amide bonds. The molecule has 0 aromatic carbocycles. The summed E-state index contributed by atoms with van der Waals surface area (Å²) in [6.45, 7) is 2.27. The first-order valence-corrected chi connectivity index (χ1v) is 7.19. The predicted octanol–water partition coefficient (Wildman–Crippen LogP) is 3.19. The molecule has 0 aromatic heterocycles. The third-order valence-electron chi connectivity index (χ3n) is 3.03. The lowest BCUT2D eigenvalue weighted by Crippen LogP contribution is -2.31. The summed E-state index contributed by atoms with van der Waals surface area (Å²) in [4.78, 5) is 11.3. The minimum atomic E-state index is 0.246. The predicted molar refractivity (Wildman–Crippen MR) is 62.4 cm³/mol. The summed E-state index contributed by atoms with van der Waals surface area (Å²) in [5.41, 5.74) is 0. The fourth-order valence-electron chi connectivity index (χ4n) is 1.89. The van der Waals surface area contributed by atoms with Gasteiger partial charge in [-0.2, -0.15) is 0 Å². The Kier molecular flexibility index (Phi) is 4.17. The number of hydrogen-bond acceptors (Lipinski definition) is 3. The summed E-state index contributed by atoms with van der Waals surface area (Å²) in [5.74, 6) is 1.05. The molecule has 1 rings (SSSR count). The Bertz CT molecular complexity index is 187. The van der Waals surface area contributed by atoms with Crippen molar-refractivity contribution in [1.29, 1.82) is 0 Å². The van der Waals surface area contributed by atoms with Crippen molar-refractivity contribution in [2.75, 3.05) is 12.5 Å². The third kappa shape index (κ3) is 2.66. The number of thioether (sulfide) groups is 2. The monoisotopic (exact) mass is 218 g/mol. The number of carbonyl (C=O) groups is 1. The highest BCUT2D eigenvalue weighted by atomic mass is 32.2. The largest absolute Gasteiger partial charge is 0.300 e. The van der Waals surface area contributed by atoms with E-state index in [1.807, 2.05) is 23.5 Å². The normalized spacial score (nSPS) is 24.8. The lowest BCUT2D eigenvalue weighted by Gasteiger charge is -2.36. The summed E-state index contributed by atoms with van der Waals surface area (Å²) in [6, 6.07) is 0. The van der Waals surface area contributed by atoms with Crippen LogP contribution in [0.25, 0.3) is 0 Å². The van der Waals surface area contributed by atoms with Crippen LogP contribution in [0.1, 0.15) is 32.6 Å². The van der Waals surface area contributed by atoms with Crippen LogP contribution in [0.15, 0.2) is 0 Å². The molecule has 0 saturated heterocycles. The van der Waals surface area contributed by atoms with Gasteiger partial charge in [0.15, 0.2) is 0 Å². The van der Waals surface area contributed by atoms with Gasteiger partial charge >= 0.3 is 0 Å². The molecule has 76 valence electrons. The van der Waals surface area contributed by atoms with Gasteiger partial charge in [-0.1, -0.05) is 0 Å². The molecule has 0 aliphatic heterocycles. The highest BCUT2D eigenvalue weighted by Gasteiger charge is 2.35. The Balaban J connectivity index is 2.62. The van der Waals surface area contributed by atoms with Gasteiger partial charge in [0.1, 0.15) is 5.78 Å². The Hall–Kier alpha value is 0.370. The van der Waals surface area contributed by atoms with E-state index in [4.69, 9.17) is 0 Å². The summed E-state index contributed by atoms with van der Waals surface area (Å²) >= 11 is 3.78. The molecule has 1 saturated carbocycles. The molecule has 0 spiro atoms. The van der Waals surface area contributed by atoms with Crippen LogP contribution in [-0.4, -0.2) is 22.4 Å². The minimum Gasteiger partial charge on any atom is -0.300 e. The molecular formula is C10H18OS2. The summed E-state index contributed by atoms with van der Waals surface area (Å²) in [7, 11) is 0. The van der Waals surface area contributed by atoms with E-state index in [9.17, 15) is 4.79 Å². The molecular weight excluding hydrogens is 200 g/mol. The van der Waals surface area contributed by atoms with E-state index >= 15 is 0 Å². The van der Waals surface area contributed by atoms with Gasteiger partial charge in [0.25, 0.3) is 0 Å². The van der Waals surface area contributed by atoms with E-state index in [-0.39, 0.29) is 4.08 Å². The van der Waals surface area contributed by atoms with E-state index in [2.05, 4.69) is 19.4 Å². The highest BCUT2D eigenvalue weighted by Crippen LogP contribution is 2.45. The molecule has 0 aromatic rings. The first-order chi connectivity index (χ1) is 6.12. The average molecular weight is 218 g/mol. The van der Waals surface area contributed by atoms with Crippen LogP contribution < -0.4 is 0 Å². The molecule has 1 aliphatic rings. The topological polar surface area (TPSA) is 17.1 Å². The molecule has 0 bridgehead atoms. The highest BCUT2D eigenvalue weighted by molar-refractivity contribution is 8.17. The Morgan fingerprint density at radius 1 is 1.38 bits per heavy atom. The quantitative estimate of drug-likeness (QED) is 0.677. The van der Waals surface area contributed by atoms with Crippen molar-refractivity contribution in [2.24, 2.45) is 5.92 Å². The van der Waals surface area contributed by atoms with Gasteiger partial charge in [-0.25, -0.2) is 0 Å². The zero-order valence-corrected chi connectivity index (χ0v) is 10.3. The molecule has 1 fully saturated rings. The van der Waals surface area contributed by atoms with Crippen molar-refractivity contribution in [3.05, 3.63) is 0 Å². The van der Waals surface area contributed by atoms with Gasteiger partial charge < -0.3 is 0 Å². The van der Waals surface area contributed by atoms with Crippen molar-refractivity contribution in [1.82, 2.24) is 0 Å². The maximum absolute atomic E-state index is 11.3. The maximum Gasteiger partial charge on any atom is 0.133 e. The molecule has 13 heavy (non-hydrogen) atoms. The number of hydrogen-bond donors (Lipinski definition) is 0. The second-order valence-electron chi connectivity index (χ2n) is 3.76. The van der Waals surface area contributed by atoms with Gasteiger partial charge in [0.2, 0.25) is 0 Å². The SMILES string of the molecule is CSC(C)(SC)C1CCCC(=O)C1. The second kappa shape index (κ2) is 4.74. The second-order valence-corrected chi connectivity index (χ2v) is 6.53. The molecule has 1 nitrogen and oxygen atoms in total. The fourth-order valence-corrected chi connectivity index (χ4v) is 3.62. The summed E-state index contributed by atoms with van der Waals surface area (Å²) in [6.07, 6.45) is 8.24. The van der Waals surface area contributed by atoms with Crippen LogP contribution in [0.4, 0.5) is 0 Å². The molecule has 1 aliphatic carbocycles. The minimum absolute atomic E-state index is 0.246. The van der Waals surface area contributed by atoms with Gasteiger partial charge in [-0.05, 0) is 38.2 Å². The summed E-state index contributed by atoms with van der Waals surface area (Å²) < 4.78 is 0.246. The van der Waals surface area contributed by atoms with Crippen molar-refractivity contribution in [3.8, 4) is 0 Å². The molecule has 1 atom stereocenters.